The predicted molar refractivity (Wildman–Crippen MR) is 103 cm³/mol. The normalized spacial score (nSPS) is 11.7. The number of aromatic nitrogens is 4. The SMILES string of the molecule is Cc1cc2ncn(CCCn3cnc4cc(C)c(C)cc43)c2cc1C. The molecule has 0 aliphatic rings. The lowest BCUT2D eigenvalue weighted by atomic mass is 10.1. The summed E-state index contributed by atoms with van der Waals surface area (Å²) in [4.78, 5) is 9.10. The van der Waals surface area contributed by atoms with Gasteiger partial charge in [-0.05, 0) is 80.6 Å². The Morgan fingerprint density at radius 3 is 1.48 bits per heavy atom. The maximum absolute atomic E-state index is 4.55. The van der Waals surface area contributed by atoms with Crippen LogP contribution >= 0.6 is 0 Å². The molecule has 2 aromatic carbocycles. The second-order valence-electron chi connectivity index (χ2n) is 7.08. The van der Waals surface area contributed by atoms with Gasteiger partial charge in [0.2, 0.25) is 0 Å². The highest BCUT2D eigenvalue weighted by molar-refractivity contribution is 5.78. The maximum atomic E-state index is 4.55. The topological polar surface area (TPSA) is 35.6 Å². The van der Waals surface area contributed by atoms with Crippen LogP contribution in [0.25, 0.3) is 22.1 Å². The Bertz CT molecular complexity index is 983. The summed E-state index contributed by atoms with van der Waals surface area (Å²) in [6.45, 7) is 10.5. The Kier molecular flexibility index (Phi) is 3.83. The van der Waals surface area contributed by atoms with Crippen molar-refractivity contribution >= 4 is 22.1 Å². The number of fused-ring (bicyclic) bond motifs is 2. The van der Waals surface area contributed by atoms with Gasteiger partial charge in [-0.3, -0.25) is 0 Å². The maximum Gasteiger partial charge on any atom is 0.0958 e. The van der Waals surface area contributed by atoms with E-state index in [0.717, 1.165) is 30.5 Å². The first kappa shape index (κ1) is 15.9. The molecule has 4 aromatic rings. The monoisotopic (exact) mass is 332 g/mol. The lowest BCUT2D eigenvalue weighted by Gasteiger charge is -2.08. The number of hydrogen-bond donors (Lipinski definition) is 0. The lowest BCUT2D eigenvalue weighted by molar-refractivity contribution is 0.580. The summed E-state index contributed by atoms with van der Waals surface area (Å²) in [6.07, 6.45) is 4.98. The summed E-state index contributed by atoms with van der Waals surface area (Å²) in [5.41, 5.74) is 9.86. The Hall–Kier alpha value is -2.62. The van der Waals surface area contributed by atoms with Crippen molar-refractivity contribution in [2.24, 2.45) is 0 Å². The smallest absolute Gasteiger partial charge is 0.0958 e. The number of imidazole rings is 2. The molecule has 0 amide bonds. The van der Waals surface area contributed by atoms with Crippen molar-refractivity contribution in [3.8, 4) is 0 Å². The van der Waals surface area contributed by atoms with Crippen molar-refractivity contribution in [3.05, 3.63) is 59.2 Å². The van der Waals surface area contributed by atoms with E-state index in [-0.39, 0.29) is 0 Å². The van der Waals surface area contributed by atoms with Gasteiger partial charge in [0, 0.05) is 13.1 Å². The first-order valence-electron chi connectivity index (χ1n) is 8.87. The third-order valence-corrected chi connectivity index (χ3v) is 5.27. The summed E-state index contributed by atoms with van der Waals surface area (Å²) in [5, 5.41) is 0. The van der Waals surface area contributed by atoms with Crippen molar-refractivity contribution in [2.75, 3.05) is 0 Å². The molecule has 0 bridgehead atoms. The molecule has 0 unspecified atom stereocenters. The number of benzene rings is 2. The molecule has 128 valence electrons. The molecule has 25 heavy (non-hydrogen) atoms. The first-order valence-corrected chi connectivity index (χ1v) is 8.87. The number of aryl methyl sites for hydroxylation is 6. The van der Waals surface area contributed by atoms with Gasteiger partial charge < -0.3 is 9.13 Å². The minimum atomic E-state index is 0.962. The summed E-state index contributed by atoms with van der Waals surface area (Å²) < 4.78 is 4.52. The van der Waals surface area contributed by atoms with Gasteiger partial charge >= 0.3 is 0 Å². The van der Waals surface area contributed by atoms with Crippen molar-refractivity contribution < 1.29 is 0 Å². The van der Waals surface area contributed by atoms with E-state index < -0.39 is 0 Å². The van der Waals surface area contributed by atoms with Crippen LogP contribution in [0.5, 0.6) is 0 Å². The van der Waals surface area contributed by atoms with E-state index in [2.05, 4.69) is 71.1 Å². The van der Waals surface area contributed by atoms with Crippen LogP contribution in [0.4, 0.5) is 0 Å². The van der Waals surface area contributed by atoms with E-state index in [1.807, 2.05) is 12.7 Å². The van der Waals surface area contributed by atoms with E-state index in [1.54, 1.807) is 0 Å². The quantitative estimate of drug-likeness (QED) is 0.542. The van der Waals surface area contributed by atoms with Crippen LogP contribution in [0, 0.1) is 27.7 Å². The Morgan fingerprint density at radius 2 is 1.04 bits per heavy atom. The zero-order chi connectivity index (χ0) is 17.6. The van der Waals surface area contributed by atoms with Gasteiger partial charge in [0.1, 0.15) is 0 Å². The molecule has 2 heterocycles. The van der Waals surface area contributed by atoms with Crippen LogP contribution in [0.1, 0.15) is 28.7 Å². The molecular weight excluding hydrogens is 308 g/mol. The molecule has 4 heteroatoms. The fourth-order valence-electron chi connectivity index (χ4n) is 3.39. The fourth-order valence-corrected chi connectivity index (χ4v) is 3.39. The minimum absolute atomic E-state index is 0.962. The molecule has 0 radical (unpaired) electrons. The molecule has 0 aliphatic heterocycles. The van der Waals surface area contributed by atoms with E-state index in [0.29, 0.717) is 0 Å². The van der Waals surface area contributed by atoms with Gasteiger partial charge in [0.05, 0.1) is 34.7 Å². The van der Waals surface area contributed by atoms with Gasteiger partial charge in [-0.15, -0.1) is 0 Å². The third-order valence-electron chi connectivity index (χ3n) is 5.27. The van der Waals surface area contributed by atoms with Crippen LogP contribution < -0.4 is 0 Å². The second kappa shape index (κ2) is 6.03. The molecule has 0 fully saturated rings. The molecule has 4 nitrogen and oxygen atoms in total. The van der Waals surface area contributed by atoms with E-state index in [1.165, 1.54) is 33.3 Å². The van der Waals surface area contributed by atoms with Gasteiger partial charge in [-0.2, -0.15) is 0 Å². The van der Waals surface area contributed by atoms with Gasteiger partial charge in [-0.25, -0.2) is 9.97 Å². The zero-order valence-corrected chi connectivity index (χ0v) is 15.4. The van der Waals surface area contributed by atoms with E-state index in [9.17, 15) is 0 Å². The second-order valence-corrected chi connectivity index (χ2v) is 7.08. The Morgan fingerprint density at radius 1 is 0.640 bits per heavy atom. The average molecular weight is 332 g/mol. The van der Waals surface area contributed by atoms with Crippen molar-refractivity contribution in [1.82, 2.24) is 19.1 Å². The van der Waals surface area contributed by atoms with E-state index in [4.69, 9.17) is 0 Å². The third kappa shape index (κ3) is 2.82. The van der Waals surface area contributed by atoms with Gasteiger partial charge in [0.25, 0.3) is 0 Å². The summed E-state index contributed by atoms with van der Waals surface area (Å²) in [6, 6.07) is 8.85. The van der Waals surface area contributed by atoms with E-state index >= 15 is 0 Å². The molecule has 2 aromatic heterocycles. The van der Waals surface area contributed by atoms with Crippen LogP contribution in [0.3, 0.4) is 0 Å². The average Bonchev–Trinajstić information content (AvgIpc) is 3.14. The molecule has 0 N–H and O–H groups in total. The van der Waals surface area contributed by atoms with Crippen LogP contribution in [0.2, 0.25) is 0 Å². The largest absolute Gasteiger partial charge is 0.331 e. The summed E-state index contributed by atoms with van der Waals surface area (Å²) in [7, 11) is 0. The Balaban J connectivity index is 1.53. The lowest BCUT2D eigenvalue weighted by Crippen LogP contribution is -2.03. The molecule has 0 aliphatic carbocycles. The first-order chi connectivity index (χ1) is 12.0. The summed E-state index contributed by atoms with van der Waals surface area (Å²) in [5.74, 6) is 0. The highest BCUT2D eigenvalue weighted by Crippen LogP contribution is 2.20. The van der Waals surface area contributed by atoms with Crippen LogP contribution in [0.15, 0.2) is 36.9 Å². The van der Waals surface area contributed by atoms with Crippen molar-refractivity contribution in [2.45, 2.75) is 47.2 Å². The van der Waals surface area contributed by atoms with Gasteiger partial charge in [0.15, 0.2) is 0 Å². The fraction of sp³-hybridized carbons (Fsp3) is 0.333. The molecule has 0 saturated carbocycles. The van der Waals surface area contributed by atoms with Crippen LogP contribution in [-0.2, 0) is 13.1 Å². The summed E-state index contributed by atoms with van der Waals surface area (Å²) >= 11 is 0. The van der Waals surface area contributed by atoms with Crippen molar-refractivity contribution in [3.63, 3.8) is 0 Å². The molecular formula is C21H24N4. The molecule has 4 rings (SSSR count). The highest BCUT2D eigenvalue weighted by atomic mass is 15.1. The highest BCUT2D eigenvalue weighted by Gasteiger charge is 2.07. The predicted octanol–water partition coefficient (Wildman–Crippen LogP) is 4.71. The molecule has 0 saturated heterocycles. The standard InChI is InChI=1S/C21H24N4/c1-14-8-18-20(10-16(14)3)24(12-22-18)6-5-7-25-13-23-19-9-15(2)17(4)11-21(19)25/h8-13H,5-7H2,1-4H3. The van der Waals surface area contributed by atoms with Crippen molar-refractivity contribution in [1.29, 1.82) is 0 Å². The Labute approximate surface area is 148 Å². The van der Waals surface area contributed by atoms with Crippen LogP contribution in [-0.4, -0.2) is 19.1 Å². The molecule has 0 spiro atoms. The zero-order valence-electron chi connectivity index (χ0n) is 15.4. The molecule has 0 atom stereocenters. The number of nitrogens with zero attached hydrogens (tertiary/aromatic N) is 4. The number of hydrogen-bond acceptors (Lipinski definition) is 2. The number of rotatable bonds is 4. The van der Waals surface area contributed by atoms with Gasteiger partial charge in [-0.1, -0.05) is 0 Å². The minimum Gasteiger partial charge on any atom is -0.331 e.